The first-order valence-electron chi connectivity index (χ1n) is 6.39. The van der Waals surface area contributed by atoms with Gasteiger partial charge in [-0.15, -0.1) is 10.2 Å². The summed E-state index contributed by atoms with van der Waals surface area (Å²) in [7, 11) is 0. The van der Waals surface area contributed by atoms with Gasteiger partial charge >= 0.3 is 0 Å². The fourth-order valence-electron chi connectivity index (χ4n) is 2.59. The maximum absolute atomic E-state index is 6.43. The van der Waals surface area contributed by atoms with Crippen molar-refractivity contribution in [2.45, 2.75) is 64.0 Å². The van der Waals surface area contributed by atoms with Crippen LogP contribution in [-0.2, 0) is 13.0 Å². The molecule has 0 aliphatic heterocycles. The molecule has 0 radical (unpaired) electrons. The number of aryl methyl sites for hydroxylation is 1. The van der Waals surface area contributed by atoms with Gasteiger partial charge in [0, 0.05) is 18.5 Å². The van der Waals surface area contributed by atoms with Gasteiger partial charge in [0.2, 0.25) is 0 Å². The Labute approximate surface area is 97.2 Å². The van der Waals surface area contributed by atoms with E-state index in [1.165, 1.54) is 19.3 Å². The highest BCUT2D eigenvalue weighted by Crippen LogP contribution is 2.28. The van der Waals surface area contributed by atoms with Crippen LogP contribution in [0.1, 0.15) is 51.3 Å². The molecule has 0 aromatic carbocycles. The smallest absolute Gasteiger partial charge is 0.134 e. The molecule has 1 aliphatic carbocycles. The van der Waals surface area contributed by atoms with E-state index in [1.54, 1.807) is 0 Å². The maximum Gasteiger partial charge on any atom is 0.134 e. The number of aromatic nitrogens is 3. The Morgan fingerprint density at radius 2 is 2.12 bits per heavy atom. The van der Waals surface area contributed by atoms with Gasteiger partial charge in [-0.05, 0) is 19.3 Å². The SMILES string of the molecule is CCCn1cnnc1CC1(N)CCCCC1. The molecule has 2 N–H and O–H groups in total. The first kappa shape index (κ1) is 11.6. The van der Waals surface area contributed by atoms with Gasteiger partial charge in [0.15, 0.2) is 0 Å². The number of hydrogen-bond donors (Lipinski definition) is 1. The Kier molecular flexibility index (Phi) is 3.59. The van der Waals surface area contributed by atoms with Crippen LogP contribution in [0, 0.1) is 0 Å². The summed E-state index contributed by atoms with van der Waals surface area (Å²) in [5.74, 6) is 1.06. The van der Waals surface area contributed by atoms with Crippen molar-refractivity contribution in [2.24, 2.45) is 5.73 Å². The van der Waals surface area contributed by atoms with Crippen molar-refractivity contribution in [2.75, 3.05) is 0 Å². The number of nitrogens with two attached hydrogens (primary N) is 1. The average Bonchev–Trinajstić information content (AvgIpc) is 2.67. The van der Waals surface area contributed by atoms with Gasteiger partial charge in [0.1, 0.15) is 12.2 Å². The van der Waals surface area contributed by atoms with Crippen LogP contribution in [0.4, 0.5) is 0 Å². The van der Waals surface area contributed by atoms with E-state index in [2.05, 4.69) is 21.7 Å². The molecular weight excluding hydrogens is 200 g/mol. The lowest BCUT2D eigenvalue weighted by Crippen LogP contribution is -2.44. The topological polar surface area (TPSA) is 56.7 Å². The lowest BCUT2D eigenvalue weighted by atomic mass is 9.80. The second kappa shape index (κ2) is 4.95. The van der Waals surface area contributed by atoms with Crippen molar-refractivity contribution < 1.29 is 0 Å². The highest BCUT2D eigenvalue weighted by atomic mass is 15.3. The minimum absolute atomic E-state index is 0.0310. The van der Waals surface area contributed by atoms with Gasteiger partial charge in [-0.1, -0.05) is 26.2 Å². The van der Waals surface area contributed by atoms with E-state index in [0.29, 0.717) is 0 Å². The Morgan fingerprint density at radius 3 is 2.81 bits per heavy atom. The van der Waals surface area contributed by atoms with Gasteiger partial charge in [-0.2, -0.15) is 0 Å². The third-order valence-corrected chi connectivity index (χ3v) is 3.52. The molecule has 1 fully saturated rings. The van der Waals surface area contributed by atoms with E-state index in [-0.39, 0.29) is 5.54 Å². The monoisotopic (exact) mass is 222 g/mol. The molecule has 1 aliphatic rings. The van der Waals surface area contributed by atoms with Gasteiger partial charge in [0.05, 0.1) is 0 Å². The van der Waals surface area contributed by atoms with Gasteiger partial charge in [-0.3, -0.25) is 0 Å². The lowest BCUT2D eigenvalue weighted by Gasteiger charge is -2.33. The predicted molar refractivity (Wildman–Crippen MR) is 64.0 cm³/mol. The standard InChI is InChI=1S/C12H22N4/c1-2-8-16-10-14-15-11(16)9-12(13)6-4-3-5-7-12/h10H,2-9,13H2,1H3. The van der Waals surface area contributed by atoms with Crippen molar-refractivity contribution >= 4 is 0 Å². The molecule has 1 saturated carbocycles. The van der Waals surface area contributed by atoms with Crippen molar-refractivity contribution in [3.8, 4) is 0 Å². The Balaban J connectivity index is 2.04. The van der Waals surface area contributed by atoms with Crippen LogP contribution in [0.5, 0.6) is 0 Å². The first-order chi connectivity index (χ1) is 7.73. The van der Waals surface area contributed by atoms with Crippen LogP contribution in [-0.4, -0.2) is 20.3 Å². The average molecular weight is 222 g/mol. The molecule has 4 nitrogen and oxygen atoms in total. The molecule has 0 amide bonds. The second-order valence-electron chi connectivity index (χ2n) is 5.04. The van der Waals surface area contributed by atoms with Crippen LogP contribution in [0.2, 0.25) is 0 Å². The number of nitrogens with zero attached hydrogens (tertiary/aromatic N) is 3. The highest BCUT2D eigenvalue weighted by Gasteiger charge is 2.29. The molecule has 0 spiro atoms. The molecule has 16 heavy (non-hydrogen) atoms. The molecule has 0 bridgehead atoms. The van der Waals surface area contributed by atoms with Crippen LogP contribution >= 0.6 is 0 Å². The third-order valence-electron chi connectivity index (χ3n) is 3.52. The van der Waals surface area contributed by atoms with Crippen molar-refractivity contribution in [1.29, 1.82) is 0 Å². The quantitative estimate of drug-likeness (QED) is 0.846. The fraction of sp³-hybridized carbons (Fsp3) is 0.833. The second-order valence-corrected chi connectivity index (χ2v) is 5.04. The Morgan fingerprint density at radius 1 is 1.38 bits per heavy atom. The van der Waals surface area contributed by atoms with Crippen LogP contribution < -0.4 is 5.73 Å². The molecule has 1 aromatic rings. The van der Waals surface area contributed by atoms with Crippen LogP contribution in [0.3, 0.4) is 0 Å². The molecule has 0 saturated heterocycles. The first-order valence-corrected chi connectivity index (χ1v) is 6.39. The Hall–Kier alpha value is -0.900. The van der Waals surface area contributed by atoms with Crippen LogP contribution in [0.15, 0.2) is 6.33 Å². The molecular formula is C12H22N4. The van der Waals surface area contributed by atoms with E-state index in [4.69, 9.17) is 5.73 Å². The summed E-state index contributed by atoms with van der Waals surface area (Å²) in [4.78, 5) is 0. The molecule has 90 valence electrons. The zero-order valence-corrected chi connectivity index (χ0v) is 10.2. The Bertz CT molecular complexity index is 326. The summed E-state index contributed by atoms with van der Waals surface area (Å²) < 4.78 is 2.14. The molecule has 0 unspecified atom stereocenters. The molecule has 2 rings (SSSR count). The minimum Gasteiger partial charge on any atom is -0.325 e. The summed E-state index contributed by atoms with van der Waals surface area (Å²) in [5.41, 5.74) is 6.40. The zero-order valence-electron chi connectivity index (χ0n) is 10.2. The summed E-state index contributed by atoms with van der Waals surface area (Å²) in [6.45, 7) is 3.17. The van der Waals surface area contributed by atoms with Gasteiger partial charge in [0.25, 0.3) is 0 Å². The van der Waals surface area contributed by atoms with E-state index in [9.17, 15) is 0 Å². The predicted octanol–water partition coefficient (Wildman–Crippen LogP) is 1.89. The summed E-state index contributed by atoms with van der Waals surface area (Å²) in [6.07, 6.45) is 9.94. The fourth-order valence-corrected chi connectivity index (χ4v) is 2.59. The molecule has 1 aromatic heterocycles. The summed E-state index contributed by atoms with van der Waals surface area (Å²) in [5, 5.41) is 8.20. The number of rotatable bonds is 4. The molecule has 4 heteroatoms. The lowest BCUT2D eigenvalue weighted by molar-refractivity contribution is 0.286. The van der Waals surface area contributed by atoms with Gasteiger partial charge < -0.3 is 10.3 Å². The van der Waals surface area contributed by atoms with E-state index in [0.717, 1.165) is 38.1 Å². The van der Waals surface area contributed by atoms with Gasteiger partial charge in [-0.25, -0.2) is 0 Å². The molecule has 1 heterocycles. The molecule has 0 atom stereocenters. The summed E-state index contributed by atoms with van der Waals surface area (Å²) >= 11 is 0. The zero-order chi connectivity index (χ0) is 11.4. The largest absolute Gasteiger partial charge is 0.325 e. The van der Waals surface area contributed by atoms with Crippen LogP contribution in [0.25, 0.3) is 0 Å². The van der Waals surface area contributed by atoms with Crippen molar-refractivity contribution in [3.63, 3.8) is 0 Å². The number of hydrogen-bond acceptors (Lipinski definition) is 3. The normalized spacial score (nSPS) is 19.9. The van der Waals surface area contributed by atoms with E-state index >= 15 is 0 Å². The highest BCUT2D eigenvalue weighted by molar-refractivity contribution is 4.99. The van der Waals surface area contributed by atoms with E-state index < -0.39 is 0 Å². The van der Waals surface area contributed by atoms with E-state index in [1.807, 2.05) is 6.33 Å². The summed E-state index contributed by atoms with van der Waals surface area (Å²) in [6, 6.07) is 0. The minimum atomic E-state index is -0.0310. The third kappa shape index (κ3) is 2.61. The maximum atomic E-state index is 6.43. The van der Waals surface area contributed by atoms with Crippen molar-refractivity contribution in [3.05, 3.63) is 12.2 Å². The van der Waals surface area contributed by atoms with Crippen molar-refractivity contribution in [1.82, 2.24) is 14.8 Å².